The maximum atomic E-state index is 13.1. The number of benzene rings is 2. The zero-order valence-corrected chi connectivity index (χ0v) is 18.4. The molecule has 162 valence electrons. The summed E-state index contributed by atoms with van der Waals surface area (Å²) in [5.74, 6) is 1.02. The second-order valence-corrected chi connectivity index (χ2v) is 9.10. The molecule has 2 amide bonds. The molecule has 0 saturated heterocycles. The van der Waals surface area contributed by atoms with Gasteiger partial charge in [0.05, 0.1) is 11.1 Å². The van der Waals surface area contributed by atoms with Crippen molar-refractivity contribution in [3.8, 4) is 5.75 Å². The number of nitrogens with zero attached hydrogens (tertiary/aromatic N) is 1. The molecule has 1 N–H and O–H groups in total. The molecule has 6 nitrogen and oxygen atoms in total. The van der Waals surface area contributed by atoms with Crippen LogP contribution < -0.4 is 15.0 Å². The SMILES string of the molecule is CC(C)CCN1C(=O)C(C)(C)COc2cc(NC(=O)c3cc4ccccc4o3)ccc21. The minimum Gasteiger partial charge on any atom is -0.490 e. The number of amides is 2. The minimum atomic E-state index is -0.631. The molecular formula is C25H28N2O4. The highest BCUT2D eigenvalue weighted by Gasteiger charge is 2.37. The van der Waals surface area contributed by atoms with Gasteiger partial charge in [-0.2, -0.15) is 0 Å². The van der Waals surface area contributed by atoms with Crippen LogP contribution in [0.15, 0.2) is 52.9 Å². The zero-order valence-electron chi connectivity index (χ0n) is 18.4. The first-order valence-corrected chi connectivity index (χ1v) is 10.6. The van der Waals surface area contributed by atoms with Gasteiger partial charge in [-0.15, -0.1) is 0 Å². The molecule has 0 radical (unpaired) electrons. The van der Waals surface area contributed by atoms with E-state index in [0.717, 1.165) is 17.5 Å². The number of furan rings is 1. The fourth-order valence-corrected chi connectivity index (χ4v) is 3.62. The van der Waals surface area contributed by atoms with Crippen LogP contribution in [0.4, 0.5) is 11.4 Å². The first-order chi connectivity index (χ1) is 14.7. The van der Waals surface area contributed by atoms with E-state index >= 15 is 0 Å². The van der Waals surface area contributed by atoms with Gasteiger partial charge in [-0.3, -0.25) is 9.59 Å². The topological polar surface area (TPSA) is 71.8 Å². The van der Waals surface area contributed by atoms with Crippen LogP contribution in [0.5, 0.6) is 5.75 Å². The summed E-state index contributed by atoms with van der Waals surface area (Å²) >= 11 is 0. The van der Waals surface area contributed by atoms with Crippen molar-refractivity contribution in [2.24, 2.45) is 11.3 Å². The van der Waals surface area contributed by atoms with Crippen molar-refractivity contribution in [2.45, 2.75) is 34.1 Å². The van der Waals surface area contributed by atoms with Gasteiger partial charge in [0, 0.05) is 23.7 Å². The Morgan fingerprint density at radius 3 is 2.68 bits per heavy atom. The van der Waals surface area contributed by atoms with Gasteiger partial charge in [-0.05, 0) is 50.5 Å². The Bertz CT molecular complexity index is 1100. The number of anilines is 2. The molecule has 2 heterocycles. The lowest BCUT2D eigenvalue weighted by molar-refractivity contribution is -0.127. The molecule has 0 bridgehead atoms. The fraction of sp³-hybridized carbons (Fsp3) is 0.360. The van der Waals surface area contributed by atoms with Crippen molar-refractivity contribution in [3.63, 3.8) is 0 Å². The number of para-hydroxylation sites is 1. The maximum absolute atomic E-state index is 13.1. The Hall–Kier alpha value is -3.28. The van der Waals surface area contributed by atoms with E-state index in [1.54, 1.807) is 18.2 Å². The highest BCUT2D eigenvalue weighted by Crippen LogP contribution is 2.38. The highest BCUT2D eigenvalue weighted by atomic mass is 16.5. The lowest BCUT2D eigenvalue weighted by Crippen LogP contribution is -2.42. The number of ether oxygens (including phenoxy) is 1. The molecule has 1 aromatic heterocycles. The van der Waals surface area contributed by atoms with E-state index < -0.39 is 5.41 Å². The van der Waals surface area contributed by atoms with Crippen molar-refractivity contribution in [3.05, 3.63) is 54.3 Å². The zero-order chi connectivity index (χ0) is 22.2. The molecule has 31 heavy (non-hydrogen) atoms. The van der Waals surface area contributed by atoms with Crippen molar-refractivity contribution >= 4 is 34.2 Å². The van der Waals surface area contributed by atoms with Gasteiger partial charge in [0.25, 0.3) is 5.91 Å². The van der Waals surface area contributed by atoms with Crippen molar-refractivity contribution in [1.29, 1.82) is 0 Å². The second kappa shape index (κ2) is 8.10. The Labute approximate surface area is 182 Å². The van der Waals surface area contributed by atoms with Gasteiger partial charge < -0.3 is 19.4 Å². The van der Waals surface area contributed by atoms with Crippen LogP contribution in [0.2, 0.25) is 0 Å². The Balaban J connectivity index is 1.60. The van der Waals surface area contributed by atoms with Crippen LogP contribution in [-0.4, -0.2) is 25.0 Å². The molecule has 0 aliphatic carbocycles. The van der Waals surface area contributed by atoms with E-state index in [-0.39, 0.29) is 24.2 Å². The average Bonchev–Trinajstić information content (AvgIpc) is 3.14. The van der Waals surface area contributed by atoms with Gasteiger partial charge in [0.1, 0.15) is 17.9 Å². The van der Waals surface area contributed by atoms with E-state index in [0.29, 0.717) is 29.5 Å². The third-order valence-electron chi connectivity index (χ3n) is 5.50. The number of carbonyl (C=O) groups excluding carboxylic acids is 2. The number of fused-ring (bicyclic) bond motifs is 2. The number of carbonyl (C=O) groups is 2. The van der Waals surface area contributed by atoms with Gasteiger partial charge in [-0.1, -0.05) is 32.0 Å². The number of hydrogen-bond acceptors (Lipinski definition) is 4. The molecule has 0 unspecified atom stereocenters. The van der Waals surface area contributed by atoms with Gasteiger partial charge in [0.15, 0.2) is 5.76 Å². The minimum absolute atomic E-state index is 0.0472. The second-order valence-electron chi connectivity index (χ2n) is 9.10. The molecule has 0 atom stereocenters. The third-order valence-corrected chi connectivity index (χ3v) is 5.50. The molecule has 0 spiro atoms. The molecule has 0 fully saturated rings. The predicted octanol–water partition coefficient (Wildman–Crippen LogP) is 5.48. The normalized spacial score (nSPS) is 15.5. The van der Waals surface area contributed by atoms with Crippen molar-refractivity contribution in [1.82, 2.24) is 0 Å². The Morgan fingerprint density at radius 2 is 1.94 bits per heavy atom. The van der Waals surface area contributed by atoms with Crippen molar-refractivity contribution in [2.75, 3.05) is 23.4 Å². The van der Waals surface area contributed by atoms with Gasteiger partial charge in [0.2, 0.25) is 5.91 Å². The molecule has 4 rings (SSSR count). The smallest absolute Gasteiger partial charge is 0.291 e. The van der Waals surface area contributed by atoms with E-state index in [2.05, 4.69) is 19.2 Å². The molecule has 6 heteroatoms. The highest BCUT2D eigenvalue weighted by molar-refractivity contribution is 6.05. The van der Waals surface area contributed by atoms with Crippen LogP contribution in [0.25, 0.3) is 11.0 Å². The monoisotopic (exact) mass is 420 g/mol. The lowest BCUT2D eigenvalue weighted by Gasteiger charge is -2.28. The Morgan fingerprint density at radius 1 is 1.16 bits per heavy atom. The van der Waals surface area contributed by atoms with E-state index in [1.807, 2.05) is 49.1 Å². The van der Waals surface area contributed by atoms with Gasteiger partial charge >= 0.3 is 0 Å². The largest absolute Gasteiger partial charge is 0.490 e. The number of hydrogen-bond donors (Lipinski definition) is 1. The maximum Gasteiger partial charge on any atom is 0.291 e. The summed E-state index contributed by atoms with van der Waals surface area (Å²) in [6, 6.07) is 14.6. The van der Waals surface area contributed by atoms with Crippen LogP contribution >= 0.6 is 0 Å². The third kappa shape index (κ3) is 4.29. The van der Waals surface area contributed by atoms with E-state index in [1.165, 1.54) is 0 Å². The van der Waals surface area contributed by atoms with Crippen LogP contribution in [0, 0.1) is 11.3 Å². The molecule has 1 aliphatic rings. The summed E-state index contributed by atoms with van der Waals surface area (Å²) in [6.45, 7) is 8.98. The average molecular weight is 421 g/mol. The quantitative estimate of drug-likeness (QED) is 0.593. The Kier molecular flexibility index (Phi) is 5.48. The number of rotatable bonds is 5. The summed E-state index contributed by atoms with van der Waals surface area (Å²) < 4.78 is 11.7. The molecule has 2 aromatic carbocycles. The van der Waals surface area contributed by atoms with Crippen LogP contribution in [0.1, 0.15) is 44.7 Å². The van der Waals surface area contributed by atoms with E-state index in [4.69, 9.17) is 9.15 Å². The lowest BCUT2D eigenvalue weighted by atomic mass is 9.92. The van der Waals surface area contributed by atoms with Crippen LogP contribution in [0.3, 0.4) is 0 Å². The summed E-state index contributed by atoms with van der Waals surface area (Å²) in [4.78, 5) is 27.7. The first kappa shape index (κ1) is 21.0. The van der Waals surface area contributed by atoms with Crippen molar-refractivity contribution < 1.29 is 18.7 Å². The first-order valence-electron chi connectivity index (χ1n) is 10.6. The van der Waals surface area contributed by atoms with Gasteiger partial charge in [-0.25, -0.2) is 0 Å². The summed E-state index contributed by atoms with van der Waals surface area (Å²) in [5, 5.41) is 3.75. The summed E-state index contributed by atoms with van der Waals surface area (Å²) in [6.07, 6.45) is 0.895. The molecule has 3 aromatic rings. The fourth-order valence-electron chi connectivity index (χ4n) is 3.62. The molecule has 1 aliphatic heterocycles. The number of nitrogens with one attached hydrogen (secondary N) is 1. The standard InChI is InChI=1S/C25H28N2O4/c1-16(2)11-12-27-19-10-9-18(14-21(19)30-15-25(3,4)24(27)29)26-23(28)22-13-17-7-5-6-8-20(17)31-22/h5-10,13-14,16H,11-12,15H2,1-4H3,(H,26,28). The molecule has 0 saturated carbocycles. The molecular weight excluding hydrogens is 392 g/mol. The van der Waals surface area contributed by atoms with Crippen LogP contribution in [-0.2, 0) is 4.79 Å². The predicted molar refractivity (Wildman–Crippen MR) is 122 cm³/mol. The summed E-state index contributed by atoms with van der Waals surface area (Å²) in [7, 11) is 0. The summed E-state index contributed by atoms with van der Waals surface area (Å²) in [5.41, 5.74) is 1.35. The van der Waals surface area contributed by atoms with E-state index in [9.17, 15) is 9.59 Å².